The number of hydrogen-bond acceptors (Lipinski definition) is 6. The van der Waals surface area contributed by atoms with Crippen LogP contribution in [0.15, 0.2) is 90.0 Å². The van der Waals surface area contributed by atoms with E-state index in [1.165, 1.54) is 11.1 Å². The van der Waals surface area contributed by atoms with Crippen LogP contribution < -0.4 is 20.1 Å². The third-order valence-corrected chi connectivity index (χ3v) is 7.75. The summed E-state index contributed by atoms with van der Waals surface area (Å²) in [5, 5.41) is 12.3. The first-order valence-corrected chi connectivity index (χ1v) is 15.0. The van der Waals surface area contributed by atoms with Gasteiger partial charge in [-0.05, 0) is 98.6 Å². The first-order valence-electron chi connectivity index (χ1n) is 14.2. The molecule has 0 saturated heterocycles. The highest BCUT2D eigenvalue weighted by Crippen LogP contribution is 2.30. The Morgan fingerprint density at radius 3 is 2.27 bits per heavy atom. The van der Waals surface area contributed by atoms with Crippen molar-refractivity contribution in [3.8, 4) is 11.5 Å². The Morgan fingerprint density at radius 2 is 1.53 bits per heavy atom. The lowest BCUT2D eigenvalue weighted by atomic mass is 10.0. The van der Waals surface area contributed by atoms with E-state index in [0.29, 0.717) is 57.7 Å². The highest BCUT2D eigenvalue weighted by Gasteiger charge is 2.22. The van der Waals surface area contributed by atoms with Crippen LogP contribution in [-0.4, -0.2) is 48.7 Å². The number of hydrogen-bond donors (Lipinski definition) is 2. The van der Waals surface area contributed by atoms with Gasteiger partial charge >= 0.3 is 0 Å². The molecule has 4 aromatic carbocycles. The fourth-order valence-corrected chi connectivity index (χ4v) is 5.04. The molecule has 0 bridgehead atoms. The quantitative estimate of drug-likeness (QED) is 0.196. The summed E-state index contributed by atoms with van der Waals surface area (Å²) in [5.74, 6) is 0.242. The van der Waals surface area contributed by atoms with Crippen molar-refractivity contribution < 1.29 is 23.9 Å². The number of anilines is 2. The van der Waals surface area contributed by atoms with E-state index in [-0.39, 0.29) is 22.7 Å². The third kappa shape index (κ3) is 7.63. The smallest absolute Gasteiger partial charge is 0.274 e. The van der Waals surface area contributed by atoms with Gasteiger partial charge in [0.05, 0.1) is 29.5 Å². The molecule has 0 aromatic heterocycles. The molecule has 1 heterocycles. The zero-order valence-corrected chi connectivity index (χ0v) is 26.1. The molecular weight excluding hydrogens is 615 g/mol. The third-order valence-electron chi connectivity index (χ3n) is 7.01. The first-order chi connectivity index (χ1) is 21.7. The van der Waals surface area contributed by atoms with Crippen molar-refractivity contribution >= 4 is 58.0 Å². The first kappa shape index (κ1) is 31.6. The molecule has 11 heteroatoms. The molecule has 0 unspecified atom stereocenters. The molecule has 0 radical (unpaired) electrons. The van der Waals surface area contributed by atoms with Crippen molar-refractivity contribution in [3.05, 3.63) is 117 Å². The molecule has 2 N–H and O–H groups in total. The van der Waals surface area contributed by atoms with Gasteiger partial charge in [0, 0.05) is 40.2 Å². The maximum atomic E-state index is 13.4. The number of benzene rings is 4. The summed E-state index contributed by atoms with van der Waals surface area (Å²) in [6.45, 7) is 2.87. The molecule has 0 saturated carbocycles. The van der Waals surface area contributed by atoms with E-state index >= 15 is 0 Å². The van der Waals surface area contributed by atoms with Gasteiger partial charge in [0.15, 0.2) is 11.5 Å². The number of carbonyl (C=O) groups is 3. The summed E-state index contributed by atoms with van der Waals surface area (Å²) in [4.78, 5) is 39.0. The zero-order chi connectivity index (χ0) is 31.9. The molecule has 0 spiro atoms. The van der Waals surface area contributed by atoms with Crippen molar-refractivity contribution in [1.29, 1.82) is 0 Å². The Balaban J connectivity index is 1.24. The topological polar surface area (TPSA) is 109 Å². The number of rotatable bonds is 9. The molecular formula is C34H30Cl2N4O5. The maximum absolute atomic E-state index is 13.4. The number of nitrogens with one attached hydrogen (secondary N) is 2. The van der Waals surface area contributed by atoms with Crippen LogP contribution in [0.1, 0.15) is 56.4 Å². The van der Waals surface area contributed by atoms with Crippen molar-refractivity contribution in [2.45, 2.75) is 19.8 Å². The second kappa shape index (κ2) is 14.3. The van der Waals surface area contributed by atoms with E-state index in [9.17, 15) is 14.4 Å². The van der Waals surface area contributed by atoms with Crippen LogP contribution in [-0.2, 0) is 0 Å². The number of amides is 3. The maximum Gasteiger partial charge on any atom is 0.274 e. The van der Waals surface area contributed by atoms with Gasteiger partial charge in [0.1, 0.15) is 0 Å². The van der Waals surface area contributed by atoms with Crippen LogP contribution in [0.5, 0.6) is 11.5 Å². The number of carbonyl (C=O) groups excluding carboxylic acids is 3. The minimum atomic E-state index is -0.371. The fourth-order valence-electron chi connectivity index (χ4n) is 4.74. The van der Waals surface area contributed by atoms with E-state index in [0.717, 1.165) is 24.1 Å². The van der Waals surface area contributed by atoms with Gasteiger partial charge < -0.3 is 20.1 Å². The van der Waals surface area contributed by atoms with Crippen molar-refractivity contribution in [1.82, 2.24) is 5.01 Å². The minimum Gasteiger partial charge on any atom is -0.493 e. The summed E-state index contributed by atoms with van der Waals surface area (Å²) < 4.78 is 11.1. The standard InChI is InChI=1S/C34H30Cl2N4O5/c1-3-45-31-20-22(12-16-30(31)44-2)29-8-5-17-40(39-29)34(43)24-6-4-7-26(18-24)38-32(41)21-9-13-25(14-10-21)37-33(42)23-11-15-27(35)28(36)19-23/h4,6-7,9-16,18-20H,3,5,8,17H2,1-2H3,(H,37,42)(H,38,41). The number of halogens is 2. The van der Waals surface area contributed by atoms with Crippen molar-refractivity contribution in [3.63, 3.8) is 0 Å². The largest absolute Gasteiger partial charge is 0.493 e. The highest BCUT2D eigenvalue weighted by molar-refractivity contribution is 6.42. The molecule has 0 fully saturated rings. The zero-order valence-electron chi connectivity index (χ0n) is 24.6. The number of hydrazone groups is 1. The van der Waals surface area contributed by atoms with E-state index in [1.807, 2.05) is 25.1 Å². The lowest BCUT2D eigenvalue weighted by Crippen LogP contribution is -2.32. The van der Waals surface area contributed by atoms with Crippen LogP contribution in [0, 0.1) is 0 Å². The fraction of sp³-hybridized carbons (Fsp3) is 0.176. The second-order valence-electron chi connectivity index (χ2n) is 10.1. The van der Waals surface area contributed by atoms with Gasteiger partial charge in [-0.15, -0.1) is 0 Å². The molecule has 1 aliphatic rings. The molecule has 45 heavy (non-hydrogen) atoms. The van der Waals surface area contributed by atoms with Gasteiger partial charge in [-0.1, -0.05) is 29.3 Å². The van der Waals surface area contributed by atoms with Gasteiger partial charge in [-0.2, -0.15) is 5.10 Å². The van der Waals surface area contributed by atoms with Crippen LogP contribution in [0.25, 0.3) is 0 Å². The monoisotopic (exact) mass is 644 g/mol. The van der Waals surface area contributed by atoms with Gasteiger partial charge in [-0.3, -0.25) is 14.4 Å². The molecule has 9 nitrogen and oxygen atoms in total. The van der Waals surface area contributed by atoms with Crippen molar-refractivity contribution in [2.75, 3.05) is 30.9 Å². The molecule has 1 aliphatic heterocycles. The summed E-state index contributed by atoms with van der Waals surface area (Å²) in [5.41, 5.74) is 3.71. The van der Waals surface area contributed by atoms with Crippen LogP contribution in [0.2, 0.25) is 10.0 Å². The van der Waals surface area contributed by atoms with E-state index in [4.69, 9.17) is 32.7 Å². The average Bonchev–Trinajstić information content (AvgIpc) is 3.06. The predicted octanol–water partition coefficient (Wildman–Crippen LogP) is 7.55. The molecule has 4 aromatic rings. The van der Waals surface area contributed by atoms with Crippen LogP contribution in [0.4, 0.5) is 11.4 Å². The number of ether oxygens (including phenoxy) is 2. The minimum absolute atomic E-state index is 0.274. The van der Waals surface area contributed by atoms with E-state index in [1.54, 1.807) is 67.8 Å². The number of methoxy groups -OCH3 is 1. The molecule has 0 atom stereocenters. The summed E-state index contributed by atoms with van der Waals surface area (Å²) in [6.07, 6.45) is 1.47. The Bertz CT molecular complexity index is 1780. The van der Waals surface area contributed by atoms with Gasteiger partial charge in [-0.25, -0.2) is 5.01 Å². The summed E-state index contributed by atoms with van der Waals surface area (Å²) >= 11 is 11.9. The van der Waals surface area contributed by atoms with E-state index in [2.05, 4.69) is 15.7 Å². The van der Waals surface area contributed by atoms with Gasteiger partial charge in [0.25, 0.3) is 17.7 Å². The number of nitrogens with zero attached hydrogens (tertiary/aromatic N) is 2. The second-order valence-corrected chi connectivity index (χ2v) is 10.9. The van der Waals surface area contributed by atoms with Crippen LogP contribution >= 0.6 is 23.2 Å². The van der Waals surface area contributed by atoms with Crippen molar-refractivity contribution in [2.24, 2.45) is 5.10 Å². The SMILES string of the molecule is CCOc1cc(C2=NN(C(=O)c3cccc(NC(=O)c4ccc(NC(=O)c5ccc(Cl)c(Cl)c5)cc4)c3)CCC2)ccc1OC. The molecule has 230 valence electrons. The molecule has 0 aliphatic carbocycles. The lowest BCUT2D eigenvalue weighted by Gasteiger charge is -2.24. The Hall–Kier alpha value is -4.86. The summed E-state index contributed by atoms with van der Waals surface area (Å²) in [6, 6.07) is 23.4. The Kier molecular flexibility index (Phi) is 10.0. The normalized spacial score (nSPS) is 12.6. The lowest BCUT2D eigenvalue weighted by molar-refractivity contribution is 0.0751. The molecule has 3 amide bonds. The Morgan fingerprint density at radius 1 is 0.800 bits per heavy atom. The van der Waals surface area contributed by atoms with Crippen LogP contribution in [0.3, 0.4) is 0 Å². The molecule has 5 rings (SSSR count). The van der Waals surface area contributed by atoms with Gasteiger partial charge in [0.2, 0.25) is 0 Å². The Labute approximate surface area is 270 Å². The predicted molar refractivity (Wildman–Crippen MR) is 176 cm³/mol. The average molecular weight is 646 g/mol. The summed E-state index contributed by atoms with van der Waals surface area (Å²) in [7, 11) is 1.59. The highest BCUT2D eigenvalue weighted by atomic mass is 35.5. The van der Waals surface area contributed by atoms with E-state index < -0.39 is 0 Å².